The second kappa shape index (κ2) is 8.43. The molecule has 6 heteroatoms. The Balaban J connectivity index is 1.38. The highest BCUT2D eigenvalue weighted by Crippen LogP contribution is 2.27. The average molecular weight is 397 g/mol. The molecule has 5 nitrogen and oxygen atoms in total. The fourth-order valence-corrected chi connectivity index (χ4v) is 3.86. The number of hydrogen-bond donors (Lipinski definition) is 0. The van der Waals surface area contributed by atoms with Gasteiger partial charge in [0.15, 0.2) is 0 Å². The summed E-state index contributed by atoms with van der Waals surface area (Å²) in [7, 11) is 0. The molecule has 1 saturated heterocycles. The van der Waals surface area contributed by atoms with Gasteiger partial charge in [-0.05, 0) is 43.7 Å². The topological polar surface area (TPSA) is 45.4 Å². The average Bonchev–Trinajstić information content (AvgIpc) is 3.24. The maximum atomic E-state index is 5.95. The summed E-state index contributed by atoms with van der Waals surface area (Å²) in [5, 5.41) is 4.85. The molecular weight excluding hydrogens is 372 g/mol. The van der Waals surface area contributed by atoms with Crippen LogP contribution in [0.3, 0.4) is 0 Å². The molecule has 2 atom stereocenters. The van der Waals surface area contributed by atoms with E-state index in [1.165, 1.54) is 5.56 Å². The third-order valence-corrected chi connectivity index (χ3v) is 5.88. The highest BCUT2D eigenvalue weighted by molar-refractivity contribution is 6.30. The van der Waals surface area contributed by atoms with Crippen molar-refractivity contribution in [3.63, 3.8) is 0 Å². The lowest BCUT2D eigenvalue weighted by atomic mass is 10.1. The number of benzene rings is 2. The van der Waals surface area contributed by atoms with Crippen molar-refractivity contribution in [1.82, 2.24) is 19.9 Å². The van der Waals surface area contributed by atoms with Crippen molar-refractivity contribution in [1.29, 1.82) is 0 Å². The summed E-state index contributed by atoms with van der Waals surface area (Å²) in [5.41, 5.74) is 2.28. The van der Waals surface area contributed by atoms with E-state index in [1.807, 2.05) is 24.3 Å². The molecular formula is C22H25ClN4O. The summed E-state index contributed by atoms with van der Waals surface area (Å²) in [5.74, 6) is 1.27. The molecule has 2 heterocycles. The van der Waals surface area contributed by atoms with Crippen LogP contribution in [-0.4, -0.2) is 46.1 Å². The molecule has 0 bridgehead atoms. The maximum Gasteiger partial charge on any atom is 0.244 e. The van der Waals surface area contributed by atoms with E-state index in [0.29, 0.717) is 22.8 Å². The maximum absolute atomic E-state index is 5.95. The van der Waals surface area contributed by atoms with Crippen molar-refractivity contribution in [2.75, 3.05) is 26.2 Å². The van der Waals surface area contributed by atoms with Crippen molar-refractivity contribution in [3.05, 3.63) is 71.1 Å². The first-order valence-electron chi connectivity index (χ1n) is 9.74. The molecule has 3 aromatic rings. The molecule has 1 aromatic heterocycles. The minimum atomic E-state index is 0.0998. The highest BCUT2D eigenvalue weighted by atomic mass is 35.5. The zero-order valence-corrected chi connectivity index (χ0v) is 17.0. The molecule has 0 amide bonds. The SMILES string of the molecule is C[C@H](c1ccccc1)N1CCN([C@H](C)c2nc(-c3ccc(Cl)cc3)no2)CC1. The van der Waals surface area contributed by atoms with Crippen LogP contribution in [0.15, 0.2) is 59.1 Å². The first-order valence-corrected chi connectivity index (χ1v) is 10.1. The van der Waals surface area contributed by atoms with Crippen molar-refractivity contribution >= 4 is 11.6 Å². The van der Waals surface area contributed by atoms with E-state index in [2.05, 4.69) is 64.1 Å². The van der Waals surface area contributed by atoms with Gasteiger partial charge in [-0.3, -0.25) is 9.80 Å². The van der Waals surface area contributed by atoms with Gasteiger partial charge in [0.05, 0.1) is 6.04 Å². The summed E-state index contributed by atoms with van der Waals surface area (Å²) >= 11 is 5.95. The Labute approximate surface area is 170 Å². The third-order valence-electron chi connectivity index (χ3n) is 5.63. The normalized spacial score (nSPS) is 18.1. The fourth-order valence-electron chi connectivity index (χ4n) is 3.73. The van der Waals surface area contributed by atoms with E-state index >= 15 is 0 Å². The predicted molar refractivity (Wildman–Crippen MR) is 111 cm³/mol. The molecule has 1 aliphatic rings. The number of halogens is 1. The van der Waals surface area contributed by atoms with Gasteiger partial charge in [0.2, 0.25) is 11.7 Å². The van der Waals surface area contributed by atoms with Gasteiger partial charge in [0.1, 0.15) is 0 Å². The quantitative estimate of drug-likeness (QED) is 0.618. The highest BCUT2D eigenvalue weighted by Gasteiger charge is 2.28. The smallest absolute Gasteiger partial charge is 0.244 e. The molecule has 1 fully saturated rings. The van der Waals surface area contributed by atoms with Gasteiger partial charge in [-0.1, -0.05) is 47.1 Å². The summed E-state index contributed by atoms with van der Waals surface area (Å²) in [4.78, 5) is 9.55. The Morgan fingerprint density at radius 1 is 0.857 bits per heavy atom. The van der Waals surface area contributed by atoms with E-state index in [-0.39, 0.29) is 6.04 Å². The first kappa shape index (κ1) is 19.1. The number of hydrogen-bond acceptors (Lipinski definition) is 5. The monoisotopic (exact) mass is 396 g/mol. The molecule has 0 unspecified atom stereocenters. The molecule has 0 radical (unpaired) electrons. The van der Waals surface area contributed by atoms with Gasteiger partial charge in [0.25, 0.3) is 0 Å². The summed E-state index contributed by atoms with van der Waals surface area (Å²) in [6.45, 7) is 8.44. The summed E-state index contributed by atoms with van der Waals surface area (Å²) in [6, 6.07) is 18.7. The molecule has 0 spiro atoms. The molecule has 0 saturated carbocycles. The van der Waals surface area contributed by atoms with E-state index in [0.717, 1.165) is 31.7 Å². The van der Waals surface area contributed by atoms with E-state index in [9.17, 15) is 0 Å². The molecule has 28 heavy (non-hydrogen) atoms. The van der Waals surface area contributed by atoms with E-state index < -0.39 is 0 Å². The Morgan fingerprint density at radius 2 is 1.46 bits per heavy atom. The van der Waals surface area contributed by atoms with Gasteiger partial charge < -0.3 is 4.52 Å². The van der Waals surface area contributed by atoms with Gasteiger partial charge >= 0.3 is 0 Å². The number of piperazine rings is 1. The largest absolute Gasteiger partial charge is 0.337 e. The minimum absolute atomic E-state index is 0.0998. The number of aromatic nitrogens is 2. The van der Waals surface area contributed by atoms with Crippen LogP contribution in [0.1, 0.15) is 37.4 Å². The third kappa shape index (κ3) is 4.12. The standard InChI is InChI=1S/C22H25ClN4O/c1-16(18-6-4-3-5-7-18)26-12-14-27(15-13-26)17(2)22-24-21(25-28-22)19-8-10-20(23)11-9-19/h3-11,16-17H,12-15H2,1-2H3/t16-,17-/m1/s1. The van der Waals surface area contributed by atoms with Crippen LogP contribution in [0, 0.1) is 0 Å². The number of rotatable bonds is 5. The molecule has 2 aromatic carbocycles. The van der Waals surface area contributed by atoms with Crippen LogP contribution in [0.5, 0.6) is 0 Å². The Hall–Kier alpha value is -2.21. The van der Waals surface area contributed by atoms with Crippen molar-refractivity contribution in [2.24, 2.45) is 0 Å². The second-order valence-corrected chi connectivity index (χ2v) is 7.73. The Morgan fingerprint density at radius 3 is 2.11 bits per heavy atom. The molecule has 4 rings (SSSR count). The van der Waals surface area contributed by atoms with Gasteiger partial charge in [-0.25, -0.2) is 0 Å². The Bertz CT molecular complexity index is 888. The van der Waals surface area contributed by atoms with Crippen LogP contribution in [0.25, 0.3) is 11.4 Å². The van der Waals surface area contributed by atoms with Crippen molar-refractivity contribution in [3.8, 4) is 11.4 Å². The Kier molecular flexibility index (Phi) is 5.76. The molecule has 1 aliphatic heterocycles. The predicted octanol–water partition coefficient (Wildman–Crippen LogP) is 4.83. The second-order valence-electron chi connectivity index (χ2n) is 7.30. The lowest BCUT2D eigenvalue weighted by Gasteiger charge is -2.39. The van der Waals surface area contributed by atoms with Crippen LogP contribution in [0.2, 0.25) is 5.02 Å². The van der Waals surface area contributed by atoms with E-state index in [1.54, 1.807) is 0 Å². The van der Waals surface area contributed by atoms with Crippen LogP contribution in [-0.2, 0) is 0 Å². The fraction of sp³-hybridized carbons (Fsp3) is 0.364. The van der Waals surface area contributed by atoms with Crippen molar-refractivity contribution < 1.29 is 4.52 Å². The van der Waals surface area contributed by atoms with E-state index in [4.69, 9.17) is 16.1 Å². The van der Waals surface area contributed by atoms with Crippen LogP contribution < -0.4 is 0 Å². The van der Waals surface area contributed by atoms with Gasteiger partial charge in [-0.2, -0.15) is 4.98 Å². The molecule has 146 valence electrons. The molecule has 0 aliphatic carbocycles. The zero-order valence-electron chi connectivity index (χ0n) is 16.3. The van der Waals surface area contributed by atoms with Crippen LogP contribution in [0.4, 0.5) is 0 Å². The first-order chi connectivity index (χ1) is 13.6. The van der Waals surface area contributed by atoms with Crippen molar-refractivity contribution in [2.45, 2.75) is 25.9 Å². The number of nitrogens with zero attached hydrogens (tertiary/aromatic N) is 4. The lowest BCUT2D eigenvalue weighted by molar-refractivity contribution is 0.0678. The lowest BCUT2D eigenvalue weighted by Crippen LogP contribution is -2.47. The summed E-state index contributed by atoms with van der Waals surface area (Å²) in [6.07, 6.45) is 0. The minimum Gasteiger partial charge on any atom is -0.337 e. The van der Waals surface area contributed by atoms with Gasteiger partial charge in [0, 0.05) is 42.8 Å². The zero-order chi connectivity index (χ0) is 19.5. The molecule has 0 N–H and O–H groups in total. The summed E-state index contributed by atoms with van der Waals surface area (Å²) < 4.78 is 5.56. The van der Waals surface area contributed by atoms with Crippen LogP contribution >= 0.6 is 11.6 Å². The van der Waals surface area contributed by atoms with Gasteiger partial charge in [-0.15, -0.1) is 0 Å².